The zero-order valence-electron chi connectivity index (χ0n) is 7.22. The molecule has 0 aliphatic heterocycles. The van der Waals surface area contributed by atoms with Crippen LogP contribution in [0.2, 0.25) is 0 Å². The topological polar surface area (TPSA) is 37.9 Å². The van der Waals surface area contributed by atoms with E-state index in [1.54, 1.807) is 7.11 Å². The molecule has 1 N–H and O–H groups in total. The van der Waals surface area contributed by atoms with Crippen LogP contribution in [0.25, 0.3) is 0 Å². The summed E-state index contributed by atoms with van der Waals surface area (Å²) < 4.78 is 4.91. The van der Waals surface area contributed by atoms with Gasteiger partial charge in [-0.15, -0.1) is 0 Å². The van der Waals surface area contributed by atoms with E-state index >= 15 is 0 Å². The summed E-state index contributed by atoms with van der Waals surface area (Å²) >= 11 is 0. The smallest absolute Gasteiger partial charge is 0.293 e. The molecule has 0 atom stereocenters. The first kappa shape index (κ1) is 8.11. The van der Waals surface area contributed by atoms with Gasteiger partial charge in [-0.05, 0) is 12.3 Å². The van der Waals surface area contributed by atoms with Crippen molar-refractivity contribution in [3.63, 3.8) is 0 Å². The van der Waals surface area contributed by atoms with Gasteiger partial charge in [0.1, 0.15) is 0 Å². The monoisotopic (exact) mass is 154 g/mol. The number of methoxy groups -OCH3 is 1. The Bertz CT molecular complexity index is 218. The van der Waals surface area contributed by atoms with Crippen LogP contribution >= 0.6 is 0 Å². The number of aromatic nitrogens is 2. The molecule has 3 heteroatoms. The molecule has 0 aliphatic carbocycles. The van der Waals surface area contributed by atoms with Gasteiger partial charge in [0.05, 0.1) is 13.3 Å². The quantitative estimate of drug-likeness (QED) is 0.718. The molecule has 0 bridgehead atoms. The number of aromatic amines is 1. The zero-order valence-corrected chi connectivity index (χ0v) is 7.22. The molecule has 0 spiro atoms. The summed E-state index contributed by atoms with van der Waals surface area (Å²) in [6.07, 6.45) is 2.84. The van der Waals surface area contributed by atoms with Gasteiger partial charge in [0.2, 0.25) is 0 Å². The summed E-state index contributed by atoms with van der Waals surface area (Å²) in [5, 5.41) is 0. The van der Waals surface area contributed by atoms with E-state index in [4.69, 9.17) is 4.74 Å². The Morgan fingerprint density at radius 2 is 2.36 bits per heavy atom. The number of hydrogen-bond acceptors (Lipinski definition) is 2. The lowest BCUT2D eigenvalue weighted by Gasteiger charge is -1.99. The van der Waals surface area contributed by atoms with E-state index in [9.17, 15) is 0 Å². The SMILES string of the molecule is COc1ncc(CC(C)C)[nH]1. The van der Waals surface area contributed by atoms with E-state index in [-0.39, 0.29) is 0 Å². The number of H-pyrrole nitrogens is 1. The summed E-state index contributed by atoms with van der Waals surface area (Å²) in [5.41, 5.74) is 1.14. The van der Waals surface area contributed by atoms with Gasteiger partial charge in [-0.25, -0.2) is 4.98 Å². The highest BCUT2D eigenvalue weighted by atomic mass is 16.5. The summed E-state index contributed by atoms with van der Waals surface area (Å²) in [5.74, 6) is 0.653. The molecule has 3 nitrogen and oxygen atoms in total. The summed E-state index contributed by atoms with van der Waals surface area (Å²) in [6.45, 7) is 4.35. The van der Waals surface area contributed by atoms with Crippen molar-refractivity contribution in [3.05, 3.63) is 11.9 Å². The first-order valence-electron chi connectivity index (χ1n) is 3.80. The van der Waals surface area contributed by atoms with Crippen LogP contribution in [0, 0.1) is 5.92 Å². The minimum Gasteiger partial charge on any atom is -0.468 e. The Morgan fingerprint density at radius 3 is 2.82 bits per heavy atom. The molecule has 1 heterocycles. The third-order valence-corrected chi connectivity index (χ3v) is 1.43. The Labute approximate surface area is 66.8 Å². The maximum absolute atomic E-state index is 4.91. The second-order valence-electron chi connectivity index (χ2n) is 3.02. The fourth-order valence-corrected chi connectivity index (χ4v) is 0.986. The van der Waals surface area contributed by atoms with Gasteiger partial charge in [0.15, 0.2) is 0 Å². The predicted octanol–water partition coefficient (Wildman–Crippen LogP) is 1.62. The van der Waals surface area contributed by atoms with E-state index in [0.29, 0.717) is 11.9 Å². The summed E-state index contributed by atoms with van der Waals surface area (Å²) in [7, 11) is 1.61. The van der Waals surface area contributed by atoms with Gasteiger partial charge in [-0.3, -0.25) is 0 Å². The molecule has 11 heavy (non-hydrogen) atoms. The second kappa shape index (κ2) is 3.42. The normalized spacial score (nSPS) is 10.5. The number of ether oxygens (including phenoxy) is 1. The van der Waals surface area contributed by atoms with Crippen LogP contribution in [0.1, 0.15) is 19.5 Å². The molecule has 1 rings (SSSR count). The molecule has 0 aliphatic rings. The molecule has 0 unspecified atom stereocenters. The maximum atomic E-state index is 4.91. The van der Waals surface area contributed by atoms with Gasteiger partial charge in [0.25, 0.3) is 6.01 Å². The molecule has 0 amide bonds. The molecule has 0 saturated carbocycles. The van der Waals surface area contributed by atoms with Gasteiger partial charge in [-0.1, -0.05) is 13.8 Å². The van der Waals surface area contributed by atoms with Gasteiger partial charge >= 0.3 is 0 Å². The van der Waals surface area contributed by atoms with E-state index in [2.05, 4.69) is 23.8 Å². The minimum absolute atomic E-state index is 0.598. The third kappa shape index (κ3) is 2.26. The summed E-state index contributed by atoms with van der Waals surface area (Å²) in [6, 6.07) is 0.598. The Balaban J connectivity index is 2.58. The van der Waals surface area contributed by atoms with Crippen molar-refractivity contribution >= 4 is 0 Å². The molecule has 1 aromatic heterocycles. The van der Waals surface area contributed by atoms with Gasteiger partial charge in [-0.2, -0.15) is 0 Å². The lowest BCUT2D eigenvalue weighted by molar-refractivity contribution is 0.383. The van der Waals surface area contributed by atoms with Crippen molar-refractivity contribution in [3.8, 4) is 6.01 Å². The fraction of sp³-hybridized carbons (Fsp3) is 0.625. The molecular weight excluding hydrogens is 140 g/mol. The Hall–Kier alpha value is -0.990. The second-order valence-corrected chi connectivity index (χ2v) is 3.02. The van der Waals surface area contributed by atoms with Gasteiger partial charge < -0.3 is 9.72 Å². The van der Waals surface area contributed by atoms with Crippen LogP contribution in [-0.4, -0.2) is 17.1 Å². The largest absolute Gasteiger partial charge is 0.468 e. The van der Waals surface area contributed by atoms with Crippen LogP contribution in [0.5, 0.6) is 6.01 Å². The highest BCUT2D eigenvalue weighted by molar-refractivity contribution is 5.05. The lowest BCUT2D eigenvalue weighted by atomic mass is 10.1. The molecule has 1 aromatic rings. The number of hydrogen-bond donors (Lipinski definition) is 1. The first-order chi connectivity index (χ1) is 5.22. The van der Waals surface area contributed by atoms with E-state index in [1.165, 1.54) is 0 Å². The maximum Gasteiger partial charge on any atom is 0.293 e. The van der Waals surface area contributed by atoms with Crippen LogP contribution in [0.15, 0.2) is 6.20 Å². The van der Waals surface area contributed by atoms with E-state index in [0.717, 1.165) is 12.1 Å². The van der Waals surface area contributed by atoms with Crippen molar-refractivity contribution in [2.24, 2.45) is 5.92 Å². The minimum atomic E-state index is 0.598. The molecule has 0 radical (unpaired) electrons. The van der Waals surface area contributed by atoms with Crippen LogP contribution in [0.4, 0.5) is 0 Å². The van der Waals surface area contributed by atoms with Crippen LogP contribution in [-0.2, 0) is 6.42 Å². The highest BCUT2D eigenvalue weighted by Gasteiger charge is 2.01. The number of imidazole rings is 1. The van der Waals surface area contributed by atoms with E-state index in [1.807, 2.05) is 6.20 Å². The van der Waals surface area contributed by atoms with Crippen molar-refractivity contribution in [1.82, 2.24) is 9.97 Å². The standard InChI is InChI=1S/C8H14N2O/c1-6(2)4-7-5-9-8(10-7)11-3/h5-6H,4H2,1-3H3,(H,9,10). The molecule has 0 fully saturated rings. The van der Waals surface area contributed by atoms with Crippen molar-refractivity contribution in [1.29, 1.82) is 0 Å². The molecule has 0 saturated heterocycles. The van der Waals surface area contributed by atoms with Crippen LogP contribution < -0.4 is 4.74 Å². The highest BCUT2D eigenvalue weighted by Crippen LogP contribution is 2.08. The molecular formula is C8H14N2O. The number of rotatable bonds is 3. The summed E-state index contributed by atoms with van der Waals surface area (Å²) in [4.78, 5) is 7.07. The predicted molar refractivity (Wildman–Crippen MR) is 43.7 cm³/mol. The van der Waals surface area contributed by atoms with Crippen molar-refractivity contribution in [2.75, 3.05) is 7.11 Å². The van der Waals surface area contributed by atoms with E-state index < -0.39 is 0 Å². The Morgan fingerprint density at radius 1 is 1.64 bits per heavy atom. The number of nitrogens with zero attached hydrogens (tertiary/aromatic N) is 1. The van der Waals surface area contributed by atoms with Crippen LogP contribution in [0.3, 0.4) is 0 Å². The molecule has 0 aromatic carbocycles. The molecule has 62 valence electrons. The fourth-order valence-electron chi connectivity index (χ4n) is 0.986. The van der Waals surface area contributed by atoms with Gasteiger partial charge in [0, 0.05) is 5.69 Å². The zero-order chi connectivity index (χ0) is 8.27. The van der Waals surface area contributed by atoms with Crippen molar-refractivity contribution < 1.29 is 4.74 Å². The Kier molecular flexibility index (Phi) is 2.52. The average Bonchev–Trinajstić information content (AvgIpc) is 2.34. The third-order valence-electron chi connectivity index (χ3n) is 1.43. The lowest BCUT2D eigenvalue weighted by Crippen LogP contribution is -1.93. The average molecular weight is 154 g/mol. The first-order valence-corrected chi connectivity index (χ1v) is 3.80. The number of nitrogens with one attached hydrogen (secondary N) is 1. The van der Waals surface area contributed by atoms with Crippen molar-refractivity contribution in [2.45, 2.75) is 20.3 Å².